The fraction of sp³-hybridized carbons (Fsp3) is 0.174. The molecule has 0 bridgehead atoms. The smallest absolute Gasteiger partial charge is 0.216 e. The summed E-state index contributed by atoms with van der Waals surface area (Å²) in [5, 5.41) is 2.80. The van der Waals surface area contributed by atoms with Gasteiger partial charge in [0.25, 0.3) is 0 Å². The maximum Gasteiger partial charge on any atom is 0.216 e. The molecule has 0 radical (unpaired) electrons. The molecule has 0 aliphatic rings. The highest BCUT2D eigenvalue weighted by Gasteiger charge is 2.09. The van der Waals surface area contributed by atoms with Crippen molar-refractivity contribution in [3.05, 3.63) is 89.7 Å². The molecule has 0 saturated carbocycles. The van der Waals surface area contributed by atoms with Crippen LogP contribution >= 0.6 is 0 Å². The number of amides is 1. The van der Waals surface area contributed by atoms with Gasteiger partial charge in [-0.1, -0.05) is 48.5 Å². The maximum absolute atomic E-state index is 13.7. The third-order valence-electron chi connectivity index (χ3n) is 4.23. The highest BCUT2D eigenvalue weighted by molar-refractivity contribution is 5.73. The molecule has 0 spiro atoms. The molecule has 0 fully saturated rings. The number of benzene rings is 3. The topological polar surface area (TPSA) is 38.3 Å². The summed E-state index contributed by atoms with van der Waals surface area (Å²) in [5.74, 6) is 0.377. The largest absolute Gasteiger partial charge is 0.489 e. The molecule has 0 aliphatic carbocycles. The second-order valence-corrected chi connectivity index (χ2v) is 6.34. The summed E-state index contributed by atoms with van der Waals surface area (Å²) in [4.78, 5) is 11.1. The molecule has 1 amide bonds. The van der Waals surface area contributed by atoms with Crippen LogP contribution in [0.1, 0.15) is 18.1 Å². The molecule has 3 aromatic rings. The fourth-order valence-electron chi connectivity index (χ4n) is 2.90. The Morgan fingerprint density at radius 1 is 1.00 bits per heavy atom. The molecule has 3 aromatic carbocycles. The van der Waals surface area contributed by atoms with E-state index in [1.54, 1.807) is 6.07 Å². The number of carbonyl (C=O) groups is 1. The number of ether oxygens (including phenoxy) is 1. The predicted molar refractivity (Wildman–Crippen MR) is 105 cm³/mol. The van der Waals surface area contributed by atoms with Crippen LogP contribution < -0.4 is 10.1 Å². The minimum Gasteiger partial charge on any atom is -0.489 e. The Morgan fingerprint density at radius 3 is 2.56 bits per heavy atom. The first-order valence-electron chi connectivity index (χ1n) is 8.92. The van der Waals surface area contributed by atoms with Gasteiger partial charge in [-0.15, -0.1) is 0 Å². The fourth-order valence-corrected chi connectivity index (χ4v) is 2.90. The van der Waals surface area contributed by atoms with E-state index in [-0.39, 0.29) is 11.7 Å². The average molecular weight is 363 g/mol. The van der Waals surface area contributed by atoms with Crippen molar-refractivity contribution in [3.8, 4) is 16.9 Å². The maximum atomic E-state index is 13.7. The number of carbonyl (C=O) groups excluding carboxylic acids is 1. The van der Waals surface area contributed by atoms with E-state index in [4.69, 9.17) is 4.74 Å². The summed E-state index contributed by atoms with van der Waals surface area (Å²) >= 11 is 0. The predicted octanol–water partition coefficient (Wildman–Crippen LogP) is 4.75. The average Bonchev–Trinajstić information content (AvgIpc) is 2.67. The third kappa shape index (κ3) is 5.42. The van der Waals surface area contributed by atoms with Crippen LogP contribution in [-0.2, 0) is 17.8 Å². The number of hydrogen-bond acceptors (Lipinski definition) is 2. The van der Waals surface area contributed by atoms with Crippen molar-refractivity contribution < 1.29 is 13.9 Å². The minimum absolute atomic E-state index is 0.0647. The second kappa shape index (κ2) is 8.99. The van der Waals surface area contributed by atoms with Crippen LogP contribution in [0.15, 0.2) is 72.8 Å². The van der Waals surface area contributed by atoms with E-state index in [0.717, 1.165) is 28.0 Å². The molecule has 138 valence electrons. The lowest BCUT2D eigenvalue weighted by Crippen LogP contribution is -2.22. The summed E-state index contributed by atoms with van der Waals surface area (Å²) in [6.07, 6.45) is 0.657. The van der Waals surface area contributed by atoms with E-state index < -0.39 is 0 Å². The third-order valence-corrected chi connectivity index (χ3v) is 4.23. The Balaban J connectivity index is 1.84. The first-order valence-corrected chi connectivity index (χ1v) is 8.92. The molecular formula is C23H22FNO2. The van der Waals surface area contributed by atoms with E-state index in [2.05, 4.69) is 5.32 Å². The van der Waals surface area contributed by atoms with Crippen molar-refractivity contribution in [1.82, 2.24) is 5.32 Å². The van der Waals surface area contributed by atoms with E-state index in [1.807, 2.05) is 54.6 Å². The Kier molecular flexibility index (Phi) is 6.21. The first-order chi connectivity index (χ1) is 13.1. The minimum atomic E-state index is -0.282. The zero-order chi connectivity index (χ0) is 19.1. The van der Waals surface area contributed by atoms with Crippen molar-refractivity contribution in [2.75, 3.05) is 6.54 Å². The SMILES string of the molecule is CC(=O)NCCc1ccc(OCc2ccccc2)cc1-c1cccc(F)c1. The quantitative estimate of drug-likeness (QED) is 0.658. The van der Waals surface area contributed by atoms with Crippen LogP contribution in [0, 0.1) is 5.82 Å². The van der Waals surface area contributed by atoms with Gasteiger partial charge in [-0.05, 0) is 52.9 Å². The van der Waals surface area contributed by atoms with Gasteiger partial charge in [0.15, 0.2) is 0 Å². The van der Waals surface area contributed by atoms with Gasteiger partial charge in [-0.25, -0.2) is 4.39 Å². The Bertz CT molecular complexity index is 909. The summed E-state index contributed by atoms with van der Waals surface area (Å²) < 4.78 is 19.6. The van der Waals surface area contributed by atoms with Crippen LogP contribution in [-0.4, -0.2) is 12.5 Å². The van der Waals surface area contributed by atoms with Crippen molar-refractivity contribution in [2.24, 2.45) is 0 Å². The molecule has 3 rings (SSSR count). The van der Waals surface area contributed by atoms with Crippen molar-refractivity contribution in [2.45, 2.75) is 20.0 Å². The van der Waals surface area contributed by atoms with Crippen LogP contribution in [0.3, 0.4) is 0 Å². The zero-order valence-corrected chi connectivity index (χ0v) is 15.2. The van der Waals surface area contributed by atoms with E-state index >= 15 is 0 Å². The van der Waals surface area contributed by atoms with Gasteiger partial charge in [0.1, 0.15) is 18.2 Å². The molecule has 0 atom stereocenters. The molecular weight excluding hydrogens is 341 g/mol. The van der Waals surface area contributed by atoms with Crippen molar-refractivity contribution >= 4 is 5.91 Å². The molecule has 3 nitrogen and oxygen atoms in total. The molecule has 0 saturated heterocycles. The second-order valence-electron chi connectivity index (χ2n) is 6.34. The lowest BCUT2D eigenvalue weighted by molar-refractivity contribution is -0.118. The molecule has 0 unspecified atom stereocenters. The Labute approximate surface area is 158 Å². The number of nitrogens with one attached hydrogen (secondary N) is 1. The van der Waals surface area contributed by atoms with Gasteiger partial charge in [-0.2, -0.15) is 0 Å². The number of hydrogen-bond donors (Lipinski definition) is 1. The van der Waals surface area contributed by atoms with Gasteiger partial charge >= 0.3 is 0 Å². The van der Waals surface area contributed by atoms with Gasteiger partial charge in [0.2, 0.25) is 5.91 Å². The lowest BCUT2D eigenvalue weighted by Gasteiger charge is -2.14. The molecule has 0 aromatic heterocycles. The summed E-state index contributed by atoms with van der Waals surface area (Å²) in [6.45, 7) is 2.49. The molecule has 1 N–H and O–H groups in total. The normalized spacial score (nSPS) is 10.4. The van der Waals surface area contributed by atoms with Gasteiger partial charge in [0.05, 0.1) is 0 Å². The highest BCUT2D eigenvalue weighted by Crippen LogP contribution is 2.29. The summed E-state index contributed by atoms with van der Waals surface area (Å²) in [7, 11) is 0. The van der Waals surface area contributed by atoms with E-state index in [1.165, 1.54) is 19.1 Å². The zero-order valence-electron chi connectivity index (χ0n) is 15.2. The highest BCUT2D eigenvalue weighted by atomic mass is 19.1. The standard InChI is InChI=1S/C23H22FNO2/c1-17(26)25-13-12-19-10-11-22(27-16-18-6-3-2-4-7-18)15-23(19)20-8-5-9-21(24)14-20/h2-11,14-15H,12-13,16H2,1H3,(H,25,26). The summed E-state index contributed by atoms with van der Waals surface area (Å²) in [5.41, 5.74) is 3.81. The first kappa shape index (κ1) is 18.6. The van der Waals surface area contributed by atoms with E-state index in [0.29, 0.717) is 19.6 Å². The van der Waals surface area contributed by atoms with Crippen LogP contribution in [0.5, 0.6) is 5.75 Å². The molecule has 0 heterocycles. The van der Waals surface area contributed by atoms with Gasteiger partial charge < -0.3 is 10.1 Å². The van der Waals surface area contributed by atoms with Gasteiger partial charge in [0, 0.05) is 13.5 Å². The van der Waals surface area contributed by atoms with Crippen molar-refractivity contribution in [1.29, 1.82) is 0 Å². The Morgan fingerprint density at radius 2 is 1.81 bits per heavy atom. The Hall–Kier alpha value is -3.14. The number of halogens is 1. The van der Waals surface area contributed by atoms with E-state index in [9.17, 15) is 9.18 Å². The van der Waals surface area contributed by atoms with Crippen LogP contribution in [0.4, 0.5) is 4.39 Å². The van der Waals surface area contributed by atoms with Gasteiger partial charge in [-0.3, -0.25) is 4.79 Å². The van der Waals surface area contributed by atoms with Crippen LogP contribution in [0.25, 0.3) is 11.1 Å². The summed E-state index contributed by atoms with van der Waals surface area (Å²) in [6, 6.07) is 22.3. The molecule has 0 aliphatic heterocycles. The molecule has 27 heavy (non-hydrogen) atoms. The van der Waals surface area contributed by atoms with Crippen molar-refractivity contribution in [3.63, 3.8) is 0 Å². The monoisotopic (exact) mass is 363 g/mol. The lowest BCUT2D eigenvalue weighted by atomic mass is 9.97. The molecule has 4 heteroatoms. The number of rotatable bonds is 7. The van der Waals surface area contributed by atoms with Crippen LogP contribution in [0.2, 0.25) is 0 Å².